The third kappa shape index (κ3) is 3.12. The van der Waals surface area contributed by atoms with Crippen LogP contribution in [0.4, 0.5) is 0 Å². The lowest BCUT2D eigenvalue weighted by atomic mass is 10.1. The molecule has 0 atom stereocenters. The van der Waals surface area contributed by atoms with Gasteiger partial charge >= 0.3 is 0 Å². The second-order valence-corrected chi connectivity index (χ2v) is 6.43. The summed E-state index contributed by atoms with van der Waals surface area (Å²) in [7, 11) is 3.17. The number of fused-ring (bicyclic) bond motifs is 1. The van der Waals surface area contributed by atoms with Crippen molar-refractivity contribution in [1.82, 2.24) is 9.55 Å². The SMILES string of the molecule is COc1cc(Cn2cnc3ccc(Cl)cc3c2=O)c(OC)cc1Br. The van der Waals surface area contributed by atoms with E-state index in [4.69, 9.17) is 21.1 Å². The Labute approximate surface area is 151 Å². The van der Waals surface area contributed by atoms with Gasteiger partial charge in [-0.1, -0.05) is 11.6 Å². The van der Waals surface area contributed by atoms with E-state index in [-0.39, 0.29) is 5.56 Å². The number of hydrogen-bond donors (Lipinski definition) is 0. The van der Waals surface area contributed by atoms with Gasteiger partial charge in [-0.2, -0.15) is 0 Å². The molecule has 5 nitrogen and oxygen atoms in total. The molecule has 0 spiro atoms. The van der Waals surface area contributed by atoms with Gasteiger partial charge in [0.25, 0.3) is 5.56 Å². The van der Waals surface area contributed by atoms with Crippen LogP contribution < -0.4 is 15.0 Å². The number of rotatable bonds is 4. The molecule has 124 valence electrons. The number of halogens is 2. The van der Waals surface area contributed by atoms with Crippen LogP contribution in [0.25, 0.3) is 10.9 Å². The fourth-order valence-corrected chi connectivity index (χ4v) is 3.13. The number of ether oxygens (including phenoxy) is 2. The largest absolute Gasteiger partial charge is 0.496 e. The van der Waals surface area contributed by atoms with Crippen molar-refractivity contribution in [2.24, 2.45) is 0 Å². The maximum Gasteiger partial charge on any atom is 0.261 e. The molecule has 0 bridgehead atoms. The molecule has 0 unspecified atom stereocenters. The normalized spacial score (nSPS) is 10.8. The third-order valence-electron chi connectivity index (χ3n) is 3.68. The van der Waals surface area contributed by atoms with Gasteiger partial charge in [0.1, 0.15) is 11.5 Å². The summed E-state index contributed by atoms with van der Waals surface area (Å²) in [6.45, 7) is 0.307. The van der Waals surface area contributed by atoms with Gasteiger partial charge in [0.15, 0.2) is 0 Å². The standard InChI is InChI=1S/C17H14BrClN2O3/c1-23-15-7-13(18)16(24-2)5-10(15)8-21-9-20-14-4-3-11(19)6-12(14)17(21)22/h3-7,9H,8H2,1-2H3. The molecule has 0 aliphatic heterocycles. The van der Waals surface area contributed by atoms with Crippen LogP contribution in [0.5, 0.6) is 11.5 Å². The van der Waals surface area contributed by atoms with Gasteiger partial charge in [-0.15, -0.1) is 0 Å². The molecule has 0 fully saturated rings. The van der Waals surface area contributed by atoms with Crippen LogP contribution in [-0.2, 0) is 6.54 Å². The predicted octanol–water partition coefficient (Wildman–Crippen LogP) is 3.88. The predicted molar refractivity (Wildman–Crippen MR) is 97.4 cm³/mol. The second-order valence-electron chi connectivity index (χ2n) is 5.14. The van der Waals surface area contributed by atoms with E-state index in [1.165, 1.54) is 10.9 Å². The summed E-state index contributed by atoms with van der Waals surface area (Å²) in [6.07, 6.45) is 1.52. The minimum atomic E-state index is -0.161. The van der Waals surface area contributed by atoms with Crippen LogP contribution in [0, 0.1) is 0 Å². The molecule has 24 heavy (non-hydrogen) atoms. The molecule has 0 N–H and O–H groups in total. The molecule has 3 rings (SSSR count). The van der Waals surface area contributed by atoms with Crippen LogP contribution >= 0.6 is 27.5 Å². The molecule has 0 aliphatic carbocycles. The van der Waals surface area contributed by atoms with E-state index in [0.717, 1.165) is 10.0 Å². The molecule has 7 heteroatoms. The summed E-state index contributed by atoms with van der Waals surface area (Å²) in [5.74, 6) is 1.32. The average Bonchev–Trinajstić information content (AvgIpc) is 2.58. The molecule has 1 aromatic heterocycles. The highest BCUT2D eigenvalue weighted by atomic mass is 79.9. The fraction of sp³-hybridized carbons (Fsp3) is 0.176. The van der Waals surface area contributed by atoms with E-state index in [0.29, 0.717) is 34.0 Å². The zero-order valence-electron chi connectivity index (χ0n) is 13.0. The van der Waals surface area contributed by atoms with E-state index >= 15 is 0 Å². The van der Waals surface area contributed by atoms with Crippen molar-refractivity contribution >= 4 is 38.4 Å². The zero-order valence-corrected chi connectivity index (χ0v) is 15.4. The van der Waals surface area contributed by atoms with Crippen molar-refractivity contribution in [2.75, 3.05) is 14.2 Å². The minimum Gasteiger partial charge on any atom is -0.496 e. The van der Waals surface area contributed by atoms with Gasteiger partial charge in [-0.3, -0.25) is 9.36 Å². The molecule has 0 saturated heterocycles. The maximum atomic E-state index is 12.7. The molecular weight excluding hydrogens is 396 g/mol. The van der Waals surface area contributed by atoms with Crippen LogP contribution in [0.2, 0.25) is 5.02 Å². The highest BCUT2D eigenvalue weighted by Crippen LogP contribution is 2.33. The van der Waals surface area contributed by atoms with Crippen molar-refractivity contribution in [3.8, 4) is 11.5 Å². The summed E-state index contributed by atoms with van der Waals surface area (Å²) in [5, 5.41) is 0.982. The summed E-state index contributed by atoms with van der Waals surface area (Å²) < 4.78 is 13.0. The summed E-state index contributed by atoms with van der Waals surface area (Å²) in [5.41, 5.74) is 1.26. The van der Waals surface area contributed by atoms with Gasteiger partial charge < -0.3 is 9.47 Å². The highest BCUT2D eigenvalue weighted by molar-refractivity contribution is 9.10. The van der Waals surface area contributed by atoms with E-state index in [1.54, 1.807) is 32.4 Å². The minimum absolute atomic E-state index is 0.161. The summed E-state index contributed by atoms with van der Waals surface area (Å²) >= 11 is 9.41. The molecular formula is C17H14BrClN2O3. The lowest BCUT2D eigenvalue weighted by molar-refractivity contribution is 0.395. The van der Waals surface area contributed by atoms with Crippen LogP contribution in [0.1, 0.15) is 5.56 Å². The number of hydrogen-bond acceptors (Lipinski definition) is 4. The van der Waals surface area contributed by atoms with Gasteiger partial charge in [0.05, 0.1) is 42.5 Å². The maximum absolute atomic E-state index is 12.7. The molecule has 0 saturated carbocycles. The van der Waals surface area contributed by atoms with E-state index in [1.807, 2.05) is 12.1 Å². The smallest absolute Gasteiger partial charge is 0.261 e. The quantitative estimate of drug-likeness (QED) is 0.656. The lowest BCUT2D eigenvalue weighted by Crippen LogP contribution is -2.21. The van der Waals surface area contributed by atoms with Crippen LogP contribution in [0.3, 0.4) is 0 Å². The van der Waals surface area contributed by atoms with Gasteiger partial charge in [-0.25, -0.2) is 4.98 Å². The Morgan fingerprint density at radius 3 is 2.62 bits per heavy atom. The first-order valence-electron chi connectivity index (χ1n) is 7.08. The van der Waals surface area contributed by atoms with Crippen LogP contribution in [-0.4, -0.2) is 23.8 Å². The second kappa shape index (κ2) is 6.83. The van der Waals surface area contributed by atoms with E-state index < -0.39 is 0 Å². The van der Waals surface area contributed by atoms with Crippen molar-refractivity contribution in [3.05, 3.63) is 62.1 Å². The first-order chi connectivity index (χ1) is 11.5. The Bertz CT molecular complexity index is 972. The van der Waals surface area contributed by atoms with E-state index in [2.05, 4.69) is 20.9 Å². The van der Waals surface area contributed by atoms with Gasteiger partial charge in [-0.05, 0) is 46.3 Å². The molecule has 0 amide bonds. The Hall–Kier alpha value is -2.05. The topological polar surface area (TPSA) is 53.4 Å². The average molecular weight is 410 g/mol. The van der Waals surface area contributed by atoms with Crippen LogP contribution in [0.15, 0.2) is 45.9 Å². The van der Waals surface area contributed by atoms with Crippen molar-refractivity contribution in [2.45, 2.75) is 6.54 Å². The Morgan fingerprint density at radius 2 is 1.92 bits per heavy atom. The molecule has 0 aliphatic rings. The van der Waals surface area contributed by atoms with Crippen molar-refractivity contribution < 1.29 is 9.47 Å². The third-order valence-corrected chi connectivity index (χ3v) is 4.54. The Balaban J connectivity index is 2.10. The van der Waals surface area contributed by atoms with E-state index in [9.17, 15) is 4.79 Å². The monoisotopic (exact) mass is 408 g/mol. The van der Waals surface area contributed by atoms with Crippen molar-refractivity contribution in [3.63, 3.8) is 0 Å². The first kappa shape index (κ1) is 16.8. The molecule has 0 radical (unpaired) electrons. The highest BCUT2D eigenvalue weighted by Gasteiger charge is 2.12. The summed E-state index contributed by atoms with van der Waals surface area (Å²) in [6, 6.07) is 8.71. The summed E-state index contributed by atoms with van der Waals surface area (Å²) in [4.78, 5) is 17.0. The number of aromatic nitrogens is 2. The van der Waals surface area contributed by atoms with Gasteiger partial charge in [0.2, 0.25) is 0 Å². The number of nitrogens with zero attached hydrogens (tertiary/aromatic N) is 2. The number of methoxy groups -OCH3 is 2. The molecule has 3 aromatic rings. The van der Waals surface area contributed by atoms with Gasteiger partial charge in [0, 0.05) is 10.6 Å². The Kier molecular flexibility index (Phi) is 4.78. The Morgan fingerprint density at radius 1 is 1.17 bits per heavy atom. The lowest BCUT2D eigenvalue weighted by Gasteiger charge is -2.13. The first-order valence-corrected chi connectivity index (χ1v) is 8.25. The number of benzene rings is 2. The zero-order chi connectivity index (χ0) is 17.3. The fourth-order valence-electron chi connectivity index (χ4n) is 2.47. The van der Waals surface area contributed by atoms with Crippen molar-refractivity contribution in [1.29, 1.82) is 0 Å². The molecule has 1 heterocycles. The molecule has 2 aromatic carbocycles.